The van der Waals surface area contributed by atoms with Gasteiger partial charge in [0.25, 0.3) is 5.89 Å². The third-order valence-corrected chi connectivity index (χ3v) is 3.71. The summed E-state index contributed by atoms with van der Waals surface area (Å²) in [4.78, 5) is 3.96. The summed E-state index contributed by atoms with van der Waals surface area (Å²) in [6.45, 7) is 3.80. The van der Waals surface area contributed by atoms with Crippen LogP contribution >= 0.6 is 0 Å². The van der Waals surface area contributed by atoms with Crippen LogP contribution in [0.25, 0.3) is 11.5 Å². The second-order valence-corrected chi connectivity index (χ2v) is 5.39. The van der Waals surface area contributed by atoms with Gasteiger partial charge in [-0.25, -0.2) is 4.39 Å². The van der Waals surface area contributed by atoms with E-state index in [-0.39, 0.29) is 23.8 Å². The molecule has 0 unspecified atom stereocenters. The molecular weight excluding hydrogens is 335 g/mol. The highest BCUT2D eigenvalue weighted by molar-refractivity contribution is 5.51. The fourth-order valence-corrected chi connectivity index (χ4v) is 2.16. The van der Waals surface area contributed by atoms with Crippen molar-refractivity contribution in [1.82, 2.24) is 15.2 Å². The maximum Gasteiger partial charge on any atom is 0.314 e. The molecule has 0 saturated carbocycles. The van der Waals surface area contributed by atoms with Crippen molar-refractivity contribution in [1.29, 1.82) is 0 Å². The highest BCUT2D eigenvalue weighted by Gasteiger charge is 2.18. The first kappa shape index (κ1) is 16.9. The molecule has 0 spiro atoms. The Bertz CT molecular complexity index is 897. The molecule has 0 N–H and O–H groups in total. The van der Waals surface area contributed by atoms with E-state index in [1.807, 2.05) is 26.0 Å². The molecule has 0 fully saturated rings. The molecule has 0 aliphatic rings. The second kappa shape index (κ2) is 6.92. The minimum absolute atomic E-state index is 0.0669. The van der Waals surface area contributed by atoms with Gasteiger partial charge < -0.3 is 9.15 Å². The zero-order valence-electron chi connectivity index (χ0n) is 13.5. The number of nitrogens with zero attached hydrogens (tertiary/aromatic N) is 3. The van der Waals surface area contributed by atoms with Crippen LogP contribution in [0.3, 0.4) is 0 Å². The lowest BCUT2D eigenvalue weighted by atomic mass is 10.1. The van der Waals surface area contributed by atoms with Gasteiger partial charge in [0.1, 0.15) is 23.9 Å². The fourth-order valence-electron chi connectivity index (χ4n) is 2.16. The Kier molecular flexibility index (Phi) is 4.69. The number of aryl methyl sites for hydroxylation is 1. The van der Waals surface area contributed by atoms with Gasteiger partial charge in [0.05, 0.1) is 5.56 Å². The number of aromatic nitrogens is 3. The Balaban J connectivity index is 1.76. The Hall–Kier alpha value is -2.90. The van der Waals surface area contributed by atoms with Crippen LogP contribution in [-0.2, 0) is 6.61 Å². The molecule has 0 aliphatic carbocycles. The zero-order chi connectivity index (χ0) is 18.0. The highest BCUT2D eigenvalue weighted by atomic mass is 19.3. The van der Waals surface area contributed by atoms with Gasteiger partial charge in [-0.3, -0.25) is 4.98 Å². The monoisotopic (exact) mass is 349 g/mol. The molecule has 0 bridgehead atoms. The molecule has 0 saturated heterocycles. The molecule has 2 aromatic heterocycles. The van der Waals surface area contributed by atoms with Crippen molar-refractivity contribution in [2.45, 2.75) is 26.9 Å². The largest absolute Gasteiger partial charge is 0.487 e. The molecule has 130 valence electrons. The lowest BCUT2D eigenvalue weighted by molar-refractivity contribution is 0.116. The first-order valence-electron chi connectivity index (χ1n) is 7.41. The molecule has 0 amide bonds. The van der Waals surface area contributed by atoms with Crippen LogP contribution in [0.2, 0.25) is 0 Å². The van der Waals surface area contributed by atoms with Crippen LogP contribution in [0.15, 0.2) is 34.9 Å². The molecule has 0 aliphatic heterocycles. The molecule has 2 heterocycles. The number of pyridine rings is 1. The van der Waals surface area contributed by atoms with E-state index in [4.69, 9.17) is 9.15 Å². The van der Waals surface area contributed by atoms with E-state index in [1.54, 1.807) is 6.07 Å². The van der Waals surface area contributed by atoms with Gasteiger partial charge in [-0.05, 0) is 37.1 Å². The average Bonchev–Trinajstić information content (AvgIpc) is 3.07. The number of hydrogen-bond donors (Lipinski definition) is 0. The molecule has 1 aromatic carbocycles. The number of alkyl halides is 2. The lowest BCUT2D eigenvalue weighted by Crippen LogP contribution is -2.03. The minimum atomic E-state index is -2.88. The van der Waals surface area contributed by atoms with Crippen molar-refractivity contribution in [3.8, 4) is 17.2 Å². The first-order chi connectivity index (χ1) is 12.0. The lowest BCUT2D eigenvalue weighted by Gasteiger charge is -2.11. The van der Waals surface area contributed by atoms with Crippen LogP contribution in [-0.4, -0.2) is 15.2 Å². The Morgan fingerprint density at radius 3 is 2.68 bits per heavy atom. The molecule has 0 radical (unpaired) electrons. The van der Waals surface area contributed by atoms with Gasteiger partial charge >= 0.3 is 6.43 Å². The van der Waals surface area contributed by atoms with Gasteiger partial charge in [0, 0.05) is 6.20 Å². The van der Waals surface area contributed by atoms with Gasteiger partial charge in [-0.15, -0.1) is 10.2 Å². The van der Waals surface area contributed by atoms with Crippen molar-refractivity contribution in [2.75, 3.05) is 0 Å². The highest BCUT2D eigenvalue weighted by Crippen LogP contribution is 2.25. The second-order valence-electron chi connectivity index (χ2n) is 5.39. The molecule has 25 heavy (non-hydrogen) atoms. The van der Waals surface area contributed by atoms with Crippen LogP contribution in [0.1, 0.15) is 29.1 Å². The summed E-state index contributed by atoms with van der Waals surface area (Å²) in [5.74, 6) is -1.05. The van der Waals surface area contributed by atoms with Crippen LogP contribution < -0.4 is 4.74 Å². The van der Waals surface area contributed by atoms with E-state index in [0.29, 0.717) is 5.75 Å². The zero-order valence-corrected chi connectivity index (χ0v) is 13.5. The summed E-state index contributed by atoms with van der Waals surface area (Å²) in [5.41, 5.74) is 2.23. The van der Waals surface area contributed by atoms with Crippen molar-refractivity contribution < 1.29 is 22.3 Å². The number of hydrogen-bond acceptors (Lipinski definition) is 5. The summed E-state index contributed by atoms with van der Waals surface area (Å²) in [6.07, 6.45) is -1.61. The van der Waals surface area contributed by atoms with Crippen molar-refractivity contribution >= 4 is 0 Å². The normalized spacial score (nSPS) is 11.1. The molecule has 5 nitrogen and oxygen atoms in total. The average molecular weight is 349 g/mol. The molecule has 3 rings (SSSR count). The quantitative estimate of drug-likeness (QED) is 0.683. The van der Waals surface area contributed by atoms with E-state index < -0.39 is 18.1 Å². The third kappa shape index (κ3) is 3.62. The van der Waals surface area contributed by atoms with E-state index in [9.17, 15) is 13.2 Å². The van der Waals surface area contributed by atoms with Gasteiger partial charge in [-0.2, -0.15) is 8.78 Å². The third-order valence-electron chi connectivity index (χ3n) is 3.71. The van der Waals surface area contributed by atoms with E-state index in [1.165, 1.54) is 6.20 Å². The standard InChI is InChI=1S/C17H14F3N3O2/c1-9-4-3-5-14(10(9)2)24-8-13-12(18)6-11(7-21-13)16-22-23-17(25-16)15(19)20/h3-7,15H,8H2,1-2H3. The van der Waals surface area contributed by atoms with Gasteiger partial charge in [-0.1, -0.05) is 12.1 Å². The summed E-state index contributed by atoms with van der Waals surface area (Å²) in [7, 11) is 0. The number of ether oxygens (including phenoxy) is 1. The summed E-state index contributed by atoms with van der Waals surface area (Å²) in [6, 6.07) is 6.69. The maximum atomic E-state index is 14.2. The Labute approximate surface area is 141 Å². The molecule has 3 aromatic rings. The molecule has 0 atom stereocenters. The van der Waals surface area contributed by atoms with E-state index in [0.717, 1.165) is 17.2 Å². The van der Waals surface area contributed by atoms with Gasteiger partial charge in [0.15, 0.2) is 0 Å². The van der Waals surface area contributed by atoms with Crippen molar-refractivity contribution in [3.63, 3.8) is 0 Å². The van der Waals surface area contributed by atoms with Crippen molar-refractivity contribution in [3.05, 3.63) is 59.0 Å². The predicted octanol–water partition coefficient (Wildman–Crippen LogP) is 4.40. The predicted molar refractivity (Wildman–Crippen MR) is 82.7 cm³/mol. The van der Waals surface area contributed by atoms with Crippen molar-refractivity contribution in [2.24, 2.45) is 0 Å². The van der Waals surface area contributed by atoms with Gasteiger partial charge in [0.2, 0.25) is 5.89 Å². The number of halogens is 3. The summed E-state index contributed by atoms with van der Waals surface area (Å²) in [5, 5.41) is 6.66. The Morgan fingerprint density at radius 1 is 1.20 bits per heavy atom. The van der Waals surface area contributed by atoms with E-state index in [2.05, 4.69) is 15.2 Å². The fraction of sp³-hybridized carbons (Fsp3) is 0.235. The van der Waals surface area contributed by atoms with E-state index >= 15 is 0 Å². The smallest absolute Gasteiger partial charge is 0.314 e. The van der Waals surface area contributed by atoms with Crippen LogP contribution in [0.4, 0.5) is 13.2 Å². The molecular formula is C17H14F3N3O2. The summed E-state index contributed by atoms with van der Waals surface area (Å²) >= 11 is 0. The maximum absolute atomic E-state index is 14.2. The van der Waals surface area contributed by atoms with Crippen LogP contribution in [0.5, 0.6) is 5.75 Å². The first-order valence-corrected chi connectivity index (χ1v) is 7.41. The number of benzene rings is 1. The molecule has 8 heteroatoms. The number of rotatable bonds is 5. The van der Waals surface area contributed by atoms with Crippen LogP contribution in [0, 0.1) is 19.7 Å². The summed E-state index contributed by atoms with van der Waals surface area (Å²) < 4.78 is 49.5. The minimum Gasteiger partial charge on any atom is -0.487 e. The SMILES string of the molecule is Cc1cccc(OCc2ncc(-c3nnc(C(F)F)o3)cc2F)c1C. The topological polar surface area (TPSA) is 61.0 Å². The Morgan fingerprint density at radius 2 is 2.00 bits per heavy atom.